The molecule has 6 heteroatoms. The standard InChI is InChI=1S/C10H12N4O2/c1-3-11-9-12-8(7-4-5-16-6-7)13-10(14-9)15-2/h4-6H,3H2,1-2H3,(H,11,12,13,14). The van der Waals surface area contributed by atoms with Gasteiger partial charge >= 0.3 is 6.01 Å². The molecule has 0 aliphatic heterocycles. The van der Waals surface area contributed by atoms with Gasteiger partial charge in [-0.1, -0.05) is 0 Å². The first-order chi connectivity index (χ1) is 7.83. The summed E-state index contributed by atoms with van der Waals surface area (Å²) in [6.45, 7) is 2.70. The fourth-order valence-electron chi connectivity index (χ4n) is 1.21. The van der Waals surface area contributed by atoms with Gasteiger partial charge < -0.3 is 14.5 Å². The Morgan fingerprint density at radius 2 is 2.25 bits per heavy atom. The topological polar surface area (TPSA) is 73.1 Å². The smallest absolute Gasteiger partial charge is 0.321 e. The Hall–Kier alpha value is -2.11. The zero-order valence-corrected chi connectivity index (χ0v) is 9.10. The normalized spacial score (nSPS) is 10.1. The summed E-state index contributed by atoms with van der Waals surface area (Å²) < 4.78 is 9.99. The molecule has 0 fully saturated rings. The van der Waals surface area contributed by atoms with Crippen molar-refractivity contribution in [1.82, 2.24) is 15.0 Å². The summed E-state index contributed by atoms with van der Waals surface area (Å²) in [6, 6.07) is 2.06. The number of hydrogen-bond acceptors (Lipinski definition) is 6. The molecule has 0 aliphatic rings. The molecule has 0 spiro atoms. The zero-order chi connectivity index (χ0) is 11.4. The molecule has 2 rings (SSSR count). The maximum absolute atomic E-state index is 5.01. The maximum Gasteiger partial charge on any atom is 0.321 e. The van der Waals surface area contributed by atoms with E-state index in [1.54, 1.807) is 18.6 Å². The molecule has 2 aromatic rings. The van der Waals surface area contributed by atoms with Gasteiger partial charge in [-0.15, -0.1) is 0 Å². The third kappa shape index (κ3) is 2.10. The lowest BCUT2D eigenvalue weighted by Gasteiger charge is -2.05. The van der Waals surface area contributed by atoms with Crippen molar-refractivity contribution in [3.63, 3.8) is 0 Å². The predicted molar refractivity (Wildman–Crippen MR) is 58.2 cm³/mol. The molecular formula is C10H12N4O2. The van der Waals surface area contributed by atoms with E-state index >= 15 is 0 Å². The number of nitrogens with zero attached hydrogens (tertiary/aromatic N) is 3. The van der Waals surface area contributed by atoms with E-state index in [-0.39, 0.29) is 6.01 Å². The number of hydrogen-bond donors (Lipinski definition) is 1. The summed E-state index contributed by atoms with van der Waals surface area (Å²) in [7, 11) is 1.52. The Bertz CT molecular complexity index is 456. The van der Waals surface area contributed by atoms with Crippen LogP contribution in [0.5, 0.6) is 6.01 Å². The average molecular weight is 220 g/mol. The zero-order valence-electron chi connectivity index (χ0n) is 9.10. The number of anilines is 1. The Morgan fingerprint density at radius 3 is 2.88 bits per heavy atom. The van der Waals surface area contributed by atoms with E-state index in [1.807, 2.05) is 6.92 Å². The van der Waals surface area contributed by atoms with Crippen molar-refractivity contribution >= 4 is 5.95 Å². The minimum Gasteiger partial charge on any atom is -0.472 e. The Balaban J connectivity index is 2.41. The second kappa shape index (κ2) is 4.61. The lowest BCUT2D eigenvalue weighted by Crippen LogP contribution is -2.06. The molecule has 0 bridgehead atoms. The van der Waals surface area contributed by atoms with Gasteiger partial charge in [-0.05, 0) is 13.0 Å². The lowest BCUT2D eigenvalue weighted by molar-refractivity contribution is 0.379. The van der Waals surface area contributed by atoms with E-state index in [1.165, 1.54) is 7.11 Å². The molecule has 0 saturated carbocycles. The molecule has 0 saturated heterocycles. The van der Waals surface area contributed by atoms with E-state index in [9.17, 15) is 0 Å². The van der Waals surface area contributed by atoms with Crippen LogP contribution in [-0.4, -0.2) is 28.6 Å². The summed E-state index contributed by atoms with van der Waals surface area (Å²) in [5.74, 6) is 1.02. The van der Waals surface area contributed by atoms with Crippen molar-refractivity contribution in [2.45, 2.75) is 6.92 Å². The van der Waals surface area contributed by atoms with Gasteiger partial charge in [0.1, 0.15) is 6.26 Å². The number of ether oxygens (including phenoxy) is 1. The van der Waals surface area contributed by atoms with Gasteiger partial charge in [0.15, 0.2) is 5.82 Å². The monoisotopic (exact) mass is 220 g/mol. The van der Waals surface area contributed by atoms with Crippen LogP contribution in [0.15, 0.2) is 23.0 Å². The van der Waals surface area contributed by atoms with Crippen LogP contribution in [0.25, 0.3) is 11.4 Å². The van der Waals surface area contributed by atoms with Crippen LogP contribution < -0.4 is 10.1 Å². The molecule has 0 radical (unpaired) electrons. The molecule has 0 aliphatic carbocycles. The highest BCUT2D eigenvalue weighted by Crippen LogP contribution is 2.18. The van der Waals surface area contributed by atoms with Crippen molar-refractivity contribution in [1.29, 1.82) is 0 Å². The minimum absolute atomic E-state index is 0.280. The SMILES string of the molecule is CCNc1nc(OC)nc(-c2ccoc2)n1. The summed E-state index contributed by atoms with van der Waals surface area (Å²) in [5, 5.41) is 3.01. The first-order valence-electron chi connectivity index (χ1n) is 4.90. The number of methoxy groups -OCH3 is 1. The first kappa shape index (κ1) is 10.4. The van der Waals surface area contributed by atoms with Gasteiger partial charge in [0.2, 0.25) is 5.95 Å². The van der Waals surface area contributed by atoms with E-state index in [0.29, 0.717) is 11.8 Å². The number of rotatable bonds is 4. The van der Waals surface area contributed by atoms with Crippen LogP contribution in [0.1, 0.15) is 6.92 Å². The number of nitrogens with one attached hydrogen (secondary N) is 1. The van der Waals surface area contributed by atoms with Crippen LogP contribution in [0.2, 0.25) is 0 Å². The van der Waals surface area contributed by atoms with Crippen LogP contribution in [-0.2, 0) is 0 Å². The van der Waals surface area contributed by atoms with E-state index in [2.05, 4.69) is 20.3 Å². The molecule has 0 atom stereocenters. The molecule has 2 aromatic heterocycles. The molecule has 0 unspecified atom stereocenters. The van der Waals surface area contributed by atoms with Gasteiger partial charge in [0.25, 0.3) is 0 Å². The highest BCUT2D eigenvalue weighted by Gasteiger charge is 2.08. The van der Waals surface area contributed by atoms with Gasteiger partial charge in [-0.3, -0.25) is 0 Å². The Labute approximate surface area is 92.7 Å². The summed E-state index contributed by atoms with van der Waals surface area (Å²) in [6.07, 6.45) is 3.14. The largest absolute Gasteiger partial charge is 0.472 e. The van der Waals surface area contributed by atoms with E-state index in [0.717, 1.165) is 12.1 Å². The molecule has 2 heterocycles. The van der Waals surface area contributed by atoms with Crippen molar-refractivity contribution in [2.24, 2.45) is 0 Å². The lowest BCUT2D eigenvalue weighted by atomic mass is 10.3. The third-order valence-electron chi connectivity index (χ3n) is 1.91. The van der Waals surface area contributed by atoms with Gasteiger partial charge in [-0.2, -0.15) is 15.0 Å². The Kier molecular flexibility index (Phi) is 3.00. The van der Waals surface area contributed by atoms with Gasteiger partial charge in [0.05, 0.1) is 18.9 Å². The fraction of sp³-hybridized carbons (Fsp3) is 0.300. The van der Waals surface area contributed by atoms with Crippen LogP contribution in [0.4, 0.5) is 5.95 Å². The molecule has 6 nitrogen and oxygen atoms in total. The maximum atomic E-state index is 5.01. The van der Waals surface area contributed by atoms with E-state index in [4.69, 9.17) is 9.15 Å². The number of aromatic nitrogens is 3. The summed E-state index contributed by atoms with van der Waals surface area (Å²) in [5.41, 5.74) is 0.792. The minimum atomic E-state index is 0.280. The third-order valence-corrected chi connectivity index (χ3v) is 1.91. The van der Waals surface area contributed by atoms with Crippen molar-refractivity contribution < 1.29 is 9.15 Å². The quantitative estimate of drug-likeness (QED) is 0.843. The van der Waals surface area contributed by atoms with Gasteiger partial charge in [0, 0.05) is 6.54 Å². The number of furan rings is 1. The van der Waals surface area contributed by atoms with Crippen molar-refractivity contribution in [3.8, 4) is 17.4 Å². The Morgan fingerprint density at radius 1 is 1.38 bits per heavy atom. The molecule has 16 heavy (non-hydrogen) atoms. The summed E-state index contributed by atoms with van der Waals surface area (Å²) >= 11 is 0. The molecule has 0 amide bonds. The van der Waals surface area contributed by atoms with E-state index < -0.39 is 0 Å². The van der Waals surface area contributed by atoms with Crippen molar-refractivity contribution in [3.05, 3.63) is 18.6 Å². The second-order valence-electron chi connectivity index (χ2n) is 3.01. The molecule has 1 N–H and O–H groups in total. The van der Waals surface area contributed by atoms with Crippen molar-refractivity contribution in [2.75, 3.05) is 19.0 Å². The van der Waals surface area contributed by atoms with Crippen LogP contribution in [0.3, 0.4) is 0 Å². The second-order valence-corrected chi connectivity index (χ2v) is 3.01. The van der Waals surface area contributed by atoms with Gasteiger partial charge in [-0.25, -0.2) is 0 Å². The average Bonchev–Trinajstić information content (AvgIpc) is 2.82. The highest BCUT2D eigenvalue weighted by atomic mass is 16.5. The fourth-order valence-corrected chi connectivity index (χ4v) is 1.21. The first-order valence-corrected chi connectivity index (χ1v) is 4.90. The summed E-state index contributed by atoms with van der Waals surface area (Å²) in [4.78, 5) is 12.4. The predicted octanol–water partition coefficient (Wildman–Crippen LogP) is 1.57. The molecule has 0 aromatic carbocycles. The highest BCUT2D eigenvalue weighted by molar-refractivity contribution is 5.54. The van der Waals surface area contributed by atoms with Crippen LogP contribution in [0, 0.1) is 0 Å². The molecule has 84 valence electrons. The van der Waals surface area contributed by atoms with Crippen LogP contribution >= 0.6 is 0 Å². The molecular weight excluding hydrogens is 208 g/mol.